The molecule has 0 radical (unpaired) electrons. The Labute approximate surface area is 267 Å². The summed E-state index contributed by atoms with van der Waals surface area (Å²) in [4.78, 5) is 43.3. The lowest BCUT2D eigenvalue weighted by Crippen LogP contribution is -2.51. The maximum Gasteiger partial charge on any atom is 0.326 e. The van der Waals surface area contributed by atoms with Crippen LogP contribution in [0.1, 0.15) is 73.9 Å². The fourth-order valence-corrected chi connectivity index (χ4v) is 6.79. The lowest BCUT2D eigenvalue weighted by atomic mass is 9.84. The van der Waals surface area contributed by atoms with Gasteiger partial charge < -0.3 is 20.1 Å². The van der Waals surface area contributed by atoms with E-state index < -0.39 is 17.9 Å². The van der Waals surface area contributed by atoms with Gasteiger partial charge in [-0.15, -0.1) is 0 Å². The summed E-state index contributed by atoms with van der Waals surface area (Å²) < 4.78 is 5.51. The smallest absolute Gasteiger partial charge is 0.326 e. The van der Waals surface area contributed by atoms with Gasteiger partial charge >= 0.3 is 5.97 Å². The second-order valence-corrected chi connectivity index (χ2v) is 12.9. The van der Waals surface area contributed by atoms with Crippen LogP contribution in [0.5, 0.6) is 0 Å². The van der Waals surface area contributed by atoms with E-state index in [1.165, 1.54) is 32.1 Å². The zero-order valence-electron chi connectivity index (χ0n) is 25.8. The zero-order chi connectivity index (χ0) is 30.8. The molecule has 2 fully saturated rings. The summed E-state index contributed by atoms with van der Waals surface area (Å²) in [5.41, 5.74) is 4.16. The van der Waals surface area contributed by atoms with E-state index in [1.807, 2.05) is 61.5 Å². The summed E-state index contributed by atoms with van der Waals surface area (Å²) in [6.45, 7) is 4.98. The van der Waals surface area contributed by atoms with Crippen LogP contribution in [0.3, 0.4) is 0 Å². The van der Waals surface area contributed by atoms with E-state index >= 15 is 0 Å². The van der Waals surface area contributed by atoms with Crippen LogP contribution in [-0.2, 0) is 20.9 Å². The van der Waals surface area contributed by atoms with Crippen LogP contribution < -0.4 is 5.32 Å². The largest absolute Gasteiger partial charge is 0.480 e. The van der Waals surface area contributed by atoms with Crippen molar-refractivity contribution in [2.24, 2.45) is 5.92 Å². The van der Waals surface area contributed by atoms with Gasteiger partial charge in [0.05, 0.1) is 19.3 Å². The number of carbonyl (C=O) groups excluding carboxylic acids is 2. The highest BCUT2D eigenvalue weighted by molar-refractivity contribution is 7.98. The first-order valence-corrected chi connectivity index (χ1v) is 17.0. The SMILES string of the molecule is C.CSCC[C@H](NC(=O)c1ccc(CN(C)C(CC2CCCCC2)C(=O)N2CCOCC2)cc1-c1ccccc1C)C(=O)O. The van der Waals surface area contributed by atoms with Gasteiger partial charge in [-0.3, -0.25) is 14.5 Å². The summed E-state index contributed by atoms with van der Waals surface area (Å²) in [5, 5.41) is 12.5. The quantitative estimate of drug-likeness (QED) is 0.288. The van der Waals surface area contributed by atoms with Crippen LogP contribution in [0.25, 0.3) is 11.1 Å². The first-order chi connectivity index (χ1) is 20.8. The molecule has 242 valence electrons. The first-order valence-electron chi connectivity index (χ1n) is 15.6. The van der Waals surface area contributed by atoms with Crippen LogP contribution in [0.2, 0.25) is 0 Å². The van der Waals surface area contributed by atoms with Gasteiger partial charge in [0.1, 0.15) is 6.04 Å². The molecule has 1 heterocycles. The Morgan fingerprint density at radius 1 is 1.07 bits per heavy atom. The molecule has 2 aliphatic rings. The second kappa shape index (κ2) is 17.6. The lowest BCUT2D eigenvalue weighted by Gasteiger charge is -2.36. The van der Waals surface area contributed by atoms with Crippen molar-refractivity contribution in [2.75, 3.05) is 45.4 Å². The number of hydrogen-bond donors (Lipinski definition) is 2. The maximum atomic E-state index is 13.8. The number of likely N-dealkylation sites (N-methyl/N-ethyl adjacent to an activating group) is 1. The molecule has 1 unspecified atom stereocenters. The number of carbonyl (C=O) groups is 3. The van der Waals surface area contributed by atoms with Crippen molar-refractivity contribution in [1.82, 2.24) is 15.1 Å². The molecule has 8 nitrogen and oxygen atoms in total. The fourth-order valence-electron chi connectivity index (χ4n) is 6.32. The molecular weight excluding hydrogens is 574 g/mol. The van der Waals surface area contributed by atoms with Crippen molar-refractivity contribution >= 4 is 29.5 Å². The number of nitrogens with one attached hydrogen (secondary N) is 1. The molecule has 1 saturated carbocycles. The summed E-state index contributed by atoms with van der Waals surface area (Å²) in [6.07, 6.45) is 9.22. The summed E-state index contributed by atoms with van der Waals surface area (Å²) in [6, 6.07) is 12.5. The average molecular weight is 626 g/mol. The van der Waals surface area contributed by atoms with Crippen LogP contribution in [0.15, 0.2) is 42.5 Å². The summed E-state index contributed by atoms with van der Waals surface area (Å²) in [5.74, 6) is -0.0702. The number of ether oxygens (including phenoxy) is 1. The minimum atomic E-state index is -1.04. The lowest BCUT2D eigenvalue weighted by molar-refractivity contribution is -0.141. The second-order valence-electron chi connectivity index (χ2n) is 11.9. The molecule has 2 atom stereocenters. The van der Waals surface area contributed by atoms with Gasteiger partial charge in [0, 0.05) is 25.2 Å². The highest BCUT2D eigenvalue weighted by atomic mass is 32.2. The Bertz CT molecular complexity index is 1240. The normalized spacial score (nSPS) is 17.0. The van der Waals surface area contributed by atoms with Gasteiger partial charge in [-0.25, -0.2) is 4.79 Å². The van der Waals surface area contributed by atoms with Crippen molar-refractivity contribution in [3.05, 3.63) is 59.2 Å². The van der Waals surface area contributed by atoms with E-state index in [0.717, 1.165) is 28.7 Å². The average Bonchev–Trinajstić information content (AvgIpc) is 3.02. The number of benzene rings is 2. The predicted octanol–water partition coefficient (Wildman–Crippen LogP) is 5.86. The molecule has 1 saturated heterocycles. The molecule has 2 amide bonds. The molecule has 9 heteroatoms. The highest BCUT2D eigenvalue weighted by Crippen LogP contribution is 2.31. The maximum absolute atomic E-state index is 13.8. The van der Waals surface area contributed by atoms with E-state index in [4.69, 9.17) is 4.74 Å². The van der Waals surface area contributed by atoms with Gasteiger partial charge in [-0.2, -0.15) is 11.8 Å². The molecule has 2 aromatic rings. The van der Waals surface area contributed by atoms with Crippen molar-refractivity contribution in [3.8, 4) is 11.1 Å². The van der Waals surface area contributed by atoms with Gasteiger partial charge in [0.2, 0.25) is 5.91 Å². The van der Waals surface area contributed by atoms with E-state index in [2.05, 4.69) is 10.2 Å². The molecule has 0 spiro atoms. The Hall–Kier alpha value is -2.88. The minimum Gasteiger partial charge on any atom is -0.480 e. The predicted molar refractivity (Wildman–Crippen MR) is 179 cm³/mol. The number of hydrogen-bond acceptors (Lipinski definition) is 6. The summed E-state index contributed by atoms with van der Waals surface area (Å²) >= 11 is 1.55. The number of morpholine rings is 1. The number of aliphatic carboxylic acids is 1. The molecular formula is C35H51N3O5S. The van der Waals surface area contributed by atoms with Gasteiger partial charge in [-0.1, -0.05) is 69.9 Å². The topological polar surface area (TPSA) is 99.2 Å². The van der Waals surface area contributed by atoms with Gasteiger partial charge in [-0.05, 0) is 79.1 Å². The van der Waals surface area contributed by atoms with Crippen molar-refractivity contribution < 1.29 is 24.2 Å². The Morgan fingerprint density at radius 3 is 2.43 bits per heavy atom. The number of rotatable bonds is 13. The number of carboxylic acids is 1. The van der Waals surface area contributed by atoms with E-state index in [-0.39, 0.29) is 19.4 Å². The molecule has 1 aliphatic heterocycles. The fraction of sp³-hybridized carbons (Fsp3) is 0.571. The third-order valence-electron chi connectivity index (χ3n) is 8.83. The molecule has 1 aliphatic carbocycles. The minimum absolute atomic E-state index is 0. The number of thioether (sulfide) groups is 1. The highest BCUT2D eigenvalue weighted by Gasteiger charge is 2.32. The molecule has 0 aromatic heterocycles. The van der Waals surface area contributed by atoms with Crippen LogP contribution in [-0.4, -0.2) is 90.1 Å². The Kier molecular flexibility index (Phi) is 14.2. The van der Waals surface area contributed by atoms with E-state index in [1.54, 1.807) is 17.8 Å². The van der Waals surface area contributed by atoms with Crippen LogP contribution in [0.4, 0.5) is 0 Å². The number of amides is 2. The van der Waals surface area contributed by atoms with Gasteiger partial charge in [0.25, 0.3) is 5.91 Å². The third kappa shape index (κ3) is 9.56. The van der Waals surface area contributed by atoms with Crippen LogP contribution >= 0.6 is 11.8 Å². The zero-order valence-corrected chi connectivity index (χ0v) is 26.7. The molecule has 2 aromatic carbocycles. The van der Waals surface area contributed by atoms with Gasteiger partial charge in [0.15, 0.2) is 0 Å². The van der Waals surface area contributed by atoms with E-state index in [0.29, 0.717) is 56.5 Å². The van der Waals surface area contributed by atoms with Crippen molar-refractivity contribution in [3.63, 3.8) is 0 Å². The van der Waals surface area contributed by atoms with E-state index in [9.17, 15) is 19.5 Å². The third-order valence-corrected chi connectivity index (χ3v) is 9.48. The Balaban J connectivity index is 0.00000529. The van der Waals surface area contributed by atoms with Crippen LogP contribution in [0, 0.1) is 12.8 Å². The molecule has 2 N–H and O–H groups in total. The first kappa shape index (κ1) is 35.6. The Morgan fingerprint density at radius 2 is 1.77 bits per heavy atom. The number of nitrogens with zero attached hydrogens (tertiary/aromatic N) is 2. The standard InChI is InChI=1S/C34H47N3O5S.CH4/c1-24-9-7-8-12-27(24)29-21-26(13-14-28(29)32(38)35-30(34(40)41)15-20-43-3)23-36(2)31(22-25-10-5-4-6-11-25)33(39)37-16-18-42-19-17-37;/h7-9,12-14,21,25,30-31H,4-6,10-11,15-20,22-23H2,1-3H3,(H,35,38)(H,40,41);1H4/t30-,31?;/m0./s1. The molecule has 44 heavy (non-hydrogen) atoms. The monoisotopic (exact) mass is 625 g/mol. The molecule has 4 rings (SSSR count). The summed E-state index contributed by atoms with van der Waals surface area (Å²) in [7, 11) is 2.03. The number of carboxylic acid groups (broad SMARTS) is 1. The van der Waals surface area contributed by atoms with Crippen molar-refractivity contribution in [1.29, 1.82) is 0 Å². The van der Waals surface area contributed by atoms with Crippen molar-refractivity contribution in [2.45, 2.75) is 77.9 Å². The molecule has 0 bridgehead atoms. The number of aryl methyl sites for hydroxylation is 1.